The van der Waals surface area contributed by atoms with Gasteiger partial charge in [0.15, 0.2) is 0 Å². The van der Waals surface area contributed by atoms with Crippen LogP contribution in [-0.4, -0.2) is 85.3 Å². The van der Waals surface area contributed by atoms with Gasteiger partial charge in [-0.1, -0.05) is 20.8 Å². The maximum Gasteiger partial charge on any atom is 0.246 e. The van der Waals surface area contributed by atoms with Gasteiger partial charge in [-0.2, -0.15) is 0 Å². The molecule has 3 N–H and O–H groups in total. The first-order valence-electron chi connectivity index (χ1n) is 10.2. The quantitative estimate of drug-likeness (QED) is 0.539. The minimum absolute atomic E-state index is 0.0398. The number of carbonyl (C=O) groups excluding carboxylic acids is 4. The zero-order chi connectivity index (χ0) is 22.4. The molecule has 2 aliphatic rings. The van der Waals surface area contributed by atoms with Crippen LogP contribution in [0.4, 0.5) is 0 Å². The highest BCUT2D eigenvalue weighted by Gasteiger charge is 2.48. The van der Waals surface area contributed by atoms with Crippen molar-refractivity contribution >= 4 is 24.1 Å². The molecule has 2 saturated heterocycles. The molecule has 0 aromatic rings. The summed E-state index contributed by atoms with van der Waals surface area (Å²) >= 11 is 0. The van der Waals surface area contributed by atoms with Gasteiger partial charge in [0.05, 0.1) is 18.1 Å². The molecule has 2 fully saturated rings. The number of hydrogen-bond donors (Lipinski definition) is 3. The van der Waals surface area contributed by atoms with Gasteiger partial charge in [-0.15, -0.1) is 0 Å². The number of fused-ring (bicyclic) bond motifs is 1. The van der Waals surface area contributed by atoms with Crippen LogP contribution in [0, 0.1) is 5.41 Å². The van der Waals surface area contributed by atoms with Gasteiger partial charge in [0.2, 0.25) is 24.1 Å². The topological polar surface area (TPSA) is 111 Å². The predicted octanol–water partition coefficient (Wildman–Crippen LogP) is -0.291. The van der Waals surface area contributed by atoms with E-state index < -0.39 is 11.5 Å². The van der Waals surface area contributed by atoms with Gasteiger partial charge in [0.1, 0.15) is 6.04 Å². The van der Waals surface area contributed by atoms with E-state index in [9.17, 15) is 14.4 Å². The largest absolute Gasteiger partial charge is 0.362 e. The lowest BCUT2D eigenvalue weighted by molar-refractivity contribution is -0.140. The van der Waals surface area contributed by atoms with Crippen molar-refractivity contribution in [2.45, 2.75) is 71.6 Å². The number of nitrogens with one attached hydrogen (secondary N) is 3. The lowest BCUT2D eigenvalue weighted by Gasteiger charge is -2.36. The number of likely N-dealkylation sites (tertiary alicyclic amines) is 2. The van der Waals surface area contributed by atoms with Crippen LogP contribution in [0.2, 0.25) is 0 Å². The van der Waals surface area contributed by atoms with E-state index in [0.717, 1.165) is 12.8 Å². The molecular weight excluding hydrogens is 374 g/mol. The molecule has 0 aliphatic carbocycles. The second-order valence-electron chi connectivity index (χ2n) is 8.68. The van der Waals surface area contributed by atoms with Gasteiger partial charge in [0, 0.05) is 27.1 Å². The highest BCUT2D eigenvalue weighted by Crippen LogP contribution is 2.33. The summed E-state index contributed by atoms with van der Waals surface area (Å²) < 4.78 is 0. The third kappa shape index (κ3) is 6.16. The van der Waals surface area contributed by atoms with E-state index in [2.05, 4.69) is 16.0 Å². The summed E-state index contributed by atoms with van der Waals surface area (Å²) in [5, 5.41) is 8.08. The Morgan fingerprint density at radius 3 is 1.93 bits per heavy atom. The number of amides is 4. The van der Waals surface area contributed by atoms with Crippen molar-refractivity contribution in [1.29, 1.82) is 0 Å². The van der Waals surface area contributed by atoms with Crippen LogP contribution < -0.4 is 16.0 Å². The van der Waals surface area contributed by atoms with E-state index in [1.54, 1.807) is 27.9 Å². The second-order valence-corrected chi connectivity index (χ2v) is 8.68. The molecule has 2 aliphatic heterocycles. The lowest BCUT2D eigenvalue weighted by atomic mass is 9.85. The summed E-state index contributed by atoms with van der Waals surface area (Å²) in [7, 11) is 3.28. The molecular formula is C20H37N5O4. The average Bonchev–Trinajstić information content (AvgIpc) is 3.25. The van der Waals surface area contributed by atoms with E-state index in [0.29, 0.717) is 19.5 Å². The Morgan fingerprint density at radius 1 is 1.03 bits per heavy atom. The average molecular weight is 412 g/mol. The molecule has 9 heteroatoms. The summed E-state index contributed by atoms with van der Waals surface area (Å²) in [5.41, 5.74) is -0.392. The van der Waals surface area contributed by atoms with Gasteiger partial charge in [-0.25, -0.2) is 0 Å². The molecule has 166 valence electrons. The van der Waals surface area contributed by atoms with E-state index in [4.69, 9.17) is 4.79 Å². The Kier molecular flexibility index (Phi) is 9.07. The van der Waals surface area contributed by atoms with Gasteiger partial charge < -0.3 is 25.8 Å². The Balaban J connectivity index is 0.000000960. The molecule has 3 unspecified atom stereocenters. The molecule has 0 aromatic carbocycles. The van der Waals surface area contributed by atoms with E-state index >= 15 is 0 Å². The number of rotatable bonds is 5. The molecule has 0 saturated carbocycles. The molecule has 9 nitrogen and oxygen atoms in total. The monoisotopic (exact) mass is 411 g/mol. The zero-order valence-corrected chi connectivity index (χ0v) is 18.7. The predicted molar refractivity (Wildman–Crippen MR) is 111 cm³/mol. The van der Waals surface area contributed by atoms with Crippen LogP contribution in [0.15, 0.2) is 0 Å². The lowest BCUT2D eigenvalue weighted by Crippen LogP contribution is -2.58. The fourth-order valence-corrected chi connectivity index (χ4v) is 3.86. The van der Waals surface area contributed by atoms with Crippen molar-refractivity contribution in [2.75, 3.05) is 27.2 Å². The van der Waals surface area contributed by atoms with Gasteiger partial charge in [-0.3, -0.25) is 19.2 Å². The minimum atomic E-state index is -0.582. The molecule has 29 heavy (non-hydrogen) atoms. The van der Waals surface area contributed by atoms with Crippen molar-refractivity contribution in [3.05, 3.63) is 0 Å². The first kappa shape index (κ1) is 24.9. The SMILES string of the molecule is CNC=O.CN[C@@H](C)C(=O)NC(C(=O)N1CCC2C1CCN2C(C)=O)C(C)(C)C. The fourth-order valence-electron chi connectivity index (χ4n) is 3.86. The highest BCUT2D eigenvalue weighted by atomic mass is 16.2. The van der Waals surface area contributed by atoms with Crippen molar-refractivity contribution in [2.24, 2.45) is 5.41 Å². The van der Waals surface area contributed by atoms with Crippen molar-refractivity contribution in [3.8, 4) is 0 Å². The third-order valence-electron chi connectivity index (χ3n) is 5.61. The minimum Gasteiger partial charge on any atom is -0.362 e. The molecule has 4 atom stereocenters. The molecule has 2 heterocycles. The summed E-state index contributed by atoms with van der Waals surface area (Å²) in [4.78, 5) is 50.2. The second kappa shape index (κ2) is 10.6. The summed E-state index contributed by atoms with van der Waals surface area (Å²) in [6.07, 6.45) is 2.25. The molecule has 4 amide bonds. The Hall–Kier alpha value is -2.16. The van der Waals surface area contributed by atoms with Crippen LogP contribution in [-0.2, 0) is 19.2 Å². The van der Waals surface area contributed by atoms with Crippen LogP contribution in [0.3, 0.4) is 0 Å². The number of nitrogens with zero attached hydrogens (tertiary/aromatic N) is 2. The van der Waals surface area contributed by atoms with Crippen LogP contribution >= 0.6 is 0 Å². The number of carbonyl (C=O) groups is 4. The van der Waals surface area contributed by atoms with E-state index in [-0.39, 0.29) is 35.8 Å². The van der Waals surface area contributed by atoms with Gasteiger partial charge >= 0.3 is 0 Å². The maximum atomic E-state index is 13.2. The fraction of sp³-hybridized carbons (Fsp3) is 0.800. The molecule has 0 bridgehead atoms. The van der Waals surface area contributed by atoms with Crippen molar-refractivity contribution < 1.29 is 19.2 Å². The number of likely N-dealkylation sites (N-methyl/N-ethyl adjacent to an activating group) is 1. The maximum absolute atomic E-state index is 13.2. The normalized spacial score (nSPS) is 22.7. The Bertz CT molecular complexity index is 604. The standard InChI is InChI=1S/C18H32N4O3.C2H5NO/c1-11(19-6)16(24)20-15(18(3,4)5)17(25)22-10-8-13-14(22)7-9-21(13)12(2)23;1-3-2-4/h11,13-15,19H,7-10H2,1-6H3,(H,20,24);2H,1H3,(H,3,4)/t11-,13?,14?,15?;/m0./s1. The zero-order valence-electron chi connectivity index (χ0n) is 18.7. The molecule has 2 rings (SSSR count). The van der Waals surface area contributed by atoms with Crippen LogP contribution in [0.25, 0.3) is 0 Å². The Morgan fingerprint density at radius 2 is 1.52 bits per heavy atom. The van der Waals surface area contributed by atoms with Gasteiger partial charge in [0.25, 0.3) is 0 Å². The van der Waals surface area contributed by atoms with Crippen molar-refractivity contribution in [1.82, 2.24) is 25.8 Å². The Labute approximate surface area is 173 Å². The van der Waals surface area contributed by atoms with Crippen LogP contribution in [0.1, 0.15) is 47.5 Å². The highest BCUT2D eigenvalue weighted by molar-refractivity contribution is 5.90. The van der Waals surface area contributed by atoms with Crippen molar-refractivity contribution in [3.63, 3.8) is 0 Å². The smallest absolute Gasteiger partial charge is 0.246 e. The summed E-state index contributed by atoms with van der Waals surface area (Å²) in [6.45, 7) is 10.6. The molecule has 0 radical (unpaired) electrons. The molecule has 0 spiro atoms. The summed E-state index contributed by atoms with van der Waals surface area (Å²) in [6, 6.07) is -0.751. The molecule has 0 aromatic heterocycles. The summed E-state index contributed by atoms with van der Waals surface area (Å²) in [5.74, 6) is -0.143. The van der Waals surface area contributed by atoms with Crippen LogP contribution in [0.5, 0.6) is 0 Å². The first-order valence-corrected chi connectivity index (χ1v) is 10.2. The third-order valence-corrected chi connectivity index (χ3v) is 5.61. The first-order chi connectivity index (χ1) is 13.5. The van der Waals surface area contributed by atoms with E-state index in [1.807, 2.05) is 30.6 Å². The number of hydrogen-bond acceptors (Lipinski definition) is 5. The van der Waals surface area contributed by atoms with Gasteiger partial charge in [-0.05, 0) is 32.2 Å². The van der Waals surface area contributed by atoms with E-state index in [1.165, 1.54) is 0 Å².